The second-order valence-corrected chi connectivity index (χ2v) is 2.21. The fourth-order valence-corrected chi connectivity index (χ4v) is 0.766. The first-order chi connectivity index (χ1) is 6.25. The summed E-state index contributed by atoms with van der Waals surface area (Å²) in [5.74, 6) is 0.294. The summed E-state index contributed by atoms with van der Waals surface area (Å²) in [6.07, 6.45) is 6.44. The number of aromatic nitrogens is 2. The lowest BCUT2D eigenvalue weighted by molar-refractivity contribution is 0.474. The Labute approximate surface area is 74.5 Å². The molecule has 68 valence electrons. The smallest absolute Gasteiger partial charge is 0.353 e. The lowest BCUT2D eigenvalue weighted by Crippen LogP contribution is -2.20. The summed E-state index contributed by atoms with van der Waals surface area (Å²) in [7, 11) is 0. The highest BCUT2D eigenvalue weighted by atomic mass is 16.2. The first-order valence-electron chi connectivity index (χ1n) is 3.56. The Hall–Kier alpha value is -2.04. The van der Waals surface area contributed by atoms with Crippen molar-refractivity contribution >= 4 is 12.0 Å². The van der Waals surface area contributed by atoms with Crippen LogP contribution in [0.2, 0.25) is 0 Å². The maximum absolute atomic E-state index is 11.1. The van der Waals surface area contributed by atoms with Gasteiger partial charge in [0, 0.05) is 12.4 Å². The molecular formula is C8H9N3O2. The largest absolute Gasteiger partial charge is 0.516 e. The van der Waals surface area contributed by atoms with E-state index in [2.05, 4.69) is 4.98 Å². The number of rotatable bonds is 2. The topological polar surface area (TPSA) is 81.1 Å². The molecule has 0 aliphatic rings. The van der Waals surface area contributed by atoms with Gasteiger partial charge in [-0.3, -0.25) is 4.57 Å². The summed E-state index contributed by atoms with van der Waals surface area (Å²) in [5, 5.41) is 8.32. The summed E-state index contributed by atoms with van der Waals surface area (Å²) in [6, 6.07) is 1.51. The van der Waals surface area contributed by atoms with Gasteiger partial charge in [-0.15, -0.1) is 0 Å². The molecule has 0 bridgehead atoms. The minimum Gasteiger partial charge on any atom is -0.516 e. The molecular weight excluding hydrogens is 170 g/mol. The molecule has 0 amide bonds. The molecule has 0 atom stereocenters. The van der Waals surface area contributed by atoms with Crippen LogP contribution < -0.4 is 11.4 Å². The van der Waals surface area contributed by atoms with Gasteiger partial charge in [0.25, 0.3) is 0 Å². The molecule has 0 saturated carbocycles. The van der Waals surface area contributed by atoms with E-state index in [-0.39, 0.29) is 0 Å². The van der Waals surface area contributed by atoms with Gasteiger partial charge in [-0.05, 0) is 18.2 Å². The number of nitrogens with zero attached hydrogens (tertiary/aromatic N) is 2. The molecule has 0 radical (unpaired) electrons. The van der Waals surface area contributed by atoms with E-state index >= 15 is 0 Å². The van der Waals surface area contributed by atoms with Gasteiger partial charge in [0.05, 0.1) is 6.26 Å². The Morgan fingerprint density at radius 1 is 1.54 bits per heavy atom. The predicted molar refractivity (Wildman–Crippen MR) is 50.0 cm³/mol. The van der Waals surface area contributed by atoms with Crippen LogP contribution in [0.4, 0.5) is 5.82 Å². The molecule has 0 saturated heterocycles. The van der Waals surface area contributed by atoms with E-state index in [4.69, 9.17) is 10.8 Å². The summed E-state index contributed by atoms with van der Waals surface area (Å²) in [4.78, 5) is 14.6. The molecule has 0 aliphatic heterocycles. The summed E-state index contributed by atoms with van der Waals surface area (Å²) in [6.45, 7) is 0. The van der Waals surface area contributed by atoms with Crippen molar-refractivity contribution in [3.63, 3.8) is 0 Å². The van der Waals surface area contributed by atoms with E-state index in [1.807, 2.05) is 0 Å². The minimum absolute atomic E-state index is 0.294. The molecule has 3 N–H and O–H groups in total. The highest BCUT2D eigenvalue weighted by molar-refractivity contribution is 5.39. The number of hydrogen-bond acceptors (Lipinski definition) is 4. The quantitative estimate of drug-likeness (QED) is 0.507. The maximum Gasteiger partial charge on any atom is 0.353 e. The van der Waals surface area contributed by atoms with Gasteiger partial charge >= 0.3 is 5.69 Å². The van der Waals surface area contributed by atoms with Crippen molar-refractivity contribution < 1.29 is 5.11 Å². The molecule has 1 aromatic rings. The van der Waals surface area contributed by atoms with Crippen LogP contribution in [0.5, 0.6) is 0 Å². The number of nitrogen functional groups attached to an aromatic ring is 1. The average Bonchev–Trinajstić information content (AvgIpc) is 2.10. The first kappa shape index (κ1) is 9.05. The van der Waals surface area contributed by atoms with E-state index < -0.39 is 5.69 Å². The van der Waals surface area contributed by atoms with Gasteiger partial charge in [-0.1, -0.05) is 0 Å². The van der Waals surface area contributed by atoms with Gasteiger partial charge in [0.15, 0.2) is 0 Å². The highest BCUT2D eigenvalue weighted by Crippen LogP contribution is 1.95. The molecule has 0 aromatic carbocycles. The summed E-state index contributed by atoms with van der Waals surface area (Å²) in [5.41, 5.74) is 5.03. The number of hydrogen-bond donors (Lipinski definition) is 2. The molecule has 0 unspecified atom stereocenters. The second-order valence-electron chi connectivity index (χ2n) is 2.21. The van der Waals surface area contributed by atoms with E-state index in [1.54, 1.807) is 0 Å². The van der Waals surface area contributed by atoms with Gasteiger partial charge in [-0.25, -0.2) is 9.78 Å². The van der Waals surface area contributed by atoms with Crippen molar-refractivity contribution in [2.45, 2.75) is 0 Å². The van der Waals surface area contributed by atoms with Crippen molar-refractivity contribution in [3.05, 3.63) is 41.2 Å². The molecule has 1 heterocycles. The second kappa shape index (κ2) is 4.10. The number of anilines is 1. The molecule has 1 aromatic heterocycles. The Morgan fingerprint density at radius 2 is 2.31 bits per heavy atom. The van der Waals surface area contributed by atoms with Crippen LogP contribution >= 0.6 is 0 Å². The normalized spacial score (nSPS) is 11.4. The molecule has 1 rings (SSSR count). The van der Waals surface area contributed by atoms with E-state index in [0.29, 0.717) is 5.82 Å². The van der Waals surface area contributed by atoms with Gasteiger partial charge in [0.2, 0.25) is 0 Å². The van der Waals surface area contributed by atoms with Crippen LogP contribution in [0, 0.1) is 0 Å². The Bertz CT molecular complexity index is 393. The van der Waals surface area contributed by atoms with E-state index in [0.717, 1.165) is 6.26 Å². The van der Waals surface area contributed by atoms with Crippen molar-refractivity contribution in [3.8, 4) is 0 Å². The van der Waals surface area contributed by atoms with Gasteiger partial charge in [0.1, 0.15) is 5.82 Å². The number of aliphatic hydroxyl groups is 1. The molecule has 0 spiro atoms. The van der Waals surface area contributed by atoms with Crippen molar-refractivity contribution in [2.24, 2.45) is 0 Å². The monoisotopic (exact) mass is 179 g/mol. The van der Waals surface area contributed by atoms with Crippen LogP contribution in [-0.4, -0.2) is 14.7 Å². The van der Waals surface area contributed by atoms with Crippen LogP contribution in [-0.2, 0) is 0 Å². The fourth-order valence-electron chi connectivity index (χ4n) is 0.766. The minimum atomic E-state index is -0.456. The average molecular weight is 179 g/mol. The van der Waals surface area contributed by atoms with Gasteiger partial charge < -0.3 is 10.8 Å². The molecule has 5 heteroatoms. The zero-order valence-corrected chi connectivity index (χ0v) is 6.79. The third-order valence-corrected chi connectivity index (χ3v) is 1.35. The molecule has 0 fully saturated rings. The van der Waals surface area contributed by atoms with Crippen molar-refractivity contribution in [1.29, 1.82) is 0 Å². The van der Waals surface area contributed by atoms with Crippen LogP contribution in [0.25, 0.3) is 6.20 Å². The highest BCUT2D eigenvalue weighted by Gasteiger charge is 1.94. The Morgan fingerprint density at radius 3 is 2.92 bits per heavy atom. The predicted octanol–water partition coefficient (Wildman–Crippen LogP) is 0.368. The summed E-state index contributed by atoms with van der Waals surface area (Å²) >= 11 is 0. The van der Waals surface area contributed by atoms with E-state index in [1.165, 1.54) is 35.2 Å². The maximum atomic E-state index is 11.1. The zero-order chi connectivity index (χ0) is 9.68. The third-order valence-electron chi connectivity index (χ3n) is 1.35. The van der Waals surface area contributed by atoms with Gasteiger partial charge in [-0.2, -0.15) is 0 Å². The lowest BCUT2D eigenvalue weighted by atomic mass is 10.5. The zero-order valence-electron chi connectivity index (χ0n) is 6.79. The first-order valence-corrected chi connectivity index (χ1v) is 3.56. The van der Waals surface area contributed by atoms with Crippen LogP contribution in [0.15, 0.2) is 35.5 Å². The van der Waals surface area contributed by atoms with Crippen molar-refractivity contribution in [1.82, 2.24) is 9.55 Å². The molecule has 5 nitrogen and oxygen atoms in total. The van der Waals surface area contributed by atoms with Crippen LogP contribution in [0.3, 0.4) is 0 Å². The third kappa shape index (κ3) is 2.19. The number of allylic oxidation sites excluding steroid dienone is 2. The van der Waals surface area contributed by atoms with E-state index in [9.17, 15) is 4.79 Å². The lowest BCUT2D eigenvalue weighted by Gasteiger charge is -1.99. The standard InChI is InChI=1S/C8H9N3O2/c9-7-3-4-10-8(13)11(7)5-1-2-6-12/h1-6,12H,9H2/b5-1+,6-2+. The van der Waals surface area contributed by atoms with Crippen molar-refractivity contribution in [2.75, 3.05) is 5.73 Å². The Kier molecular flexibility index (Phi) is 2.86. The number of aliphatic hydroxyl groups excluding tert-OH is 1. The fraction of sp³-hybridized carbons (Fsp3) is 0. The SMILES string of the molecule is Nc1ccnc(=O)n1/C=C/C=C/O. The van der Waals surface area contributed by atoms with Crippen LogP contribution in [0.1, 0.15) is 0 Å². The Balaban J connectivity index is 3.07. The summed E-state index contributed by atoms with van der Waals surface area (Å²) < 4.78 is 1.17. The molecule has 13 heavy (non-hydrogen) atoms. The molecule has 0 aliphatic carbocycles. The number of nitrogens with two attached hydrogens (primary N) is 1.